The molecule has 6 nitrogen and oxygen atoms in total. The second-order valence-electron chi connectivity index (χ2n) is 5.19. The van der Waals surface area contributed by atoms with E-state index >= 15 is 0 Å². The molecule has 0 aliphatic carbocycles. The van der Waals surface area contributed by atoms with Gasteiger partial charge in [-0.2, -0.15) is 10.2 Å². The van der Waals surface area contributed by atoms with Gasteiger partial charge in [0.05, 0.1) is 6.04 Å². The summed E-state index contributed by atoms with van der Waals surface area (Å²) in [6.45, 7) is 2.66. The van der Waals surface area contributed by atoms with Gasteiger partial charge >= 0.3 is 0 Å². The van der Waals surface area contributed by atoms with E-state index in [1.807, 2.05) is 41.9 Å². The number of carbonyl (C=O) groups is 1. The summed E-state index contributed by atoms with van der Waals surface area (Å²) in [6, 6.07) is 9.32. The first kappa shape index (κ1) is 13.8. The minimum Gasteiger partial charge on any atom is -0.320 e. The number of hydrogen-bond acceptors (Lipinski definition) is 4. The molecule has 0 saturated heterocycles. The summed E-state index contributed by atoms with van der Waals surface area (Å²) in [4.78, 5) is 11.8. The van der Waals surface area contributed by atoms with E-state index in [4.69, 9.17) is 5.73 Å². The van der Waals surface area contributed by atoms with E-state index in [1.165, 1.54) is 0 Å². The van der Waals surface area contributed by atoms with Crippen LogP contribution in [0.4, 0.5) is 5.82 Å². The Morgan fingerprint density at radius 1 is 1.38 bits per heavy atom. The highest BCUT2D eigenvalue weighted by Gasteiger charge is 2.34. The van der Waals surface area contributed by atoms with Crippen LogP contribution in [0.1, 0.15) is 23.7 Å². The van der Waals surface area contributed by atoms with Crippen molar-refractivity contribution in [3.63, 3.8) is 0 Å². The van der Waals surface area contributed by atoms with Crippen LogP contribution in [-0.4, -0.2) is 26.9 Å². The average molecular weight is 286 g/mol. The van der Waals surface area contributed by atoms with Crippen molar-refractivity contribution in [1.82, 2.24) is 9.78 Å². The third kappa shape index (κ3) is 2.32. The Bertz CT molecular complexity index is 666. The lowest BCUT2D eigenvalue weighted by Gasteiger charge is -2.24. The van der Waals surface area contributed by atoms with Gasteiger partial charge in [-0.15, -0.1) is 0 Å². The molecule has 0 unspecified atom stereocenters. The molecular formula is C15H18N4O2. The fourth-order valence-electron chi connectivity index (χ4n) is 2.72. The number of amides is 1. The van der Waals surface area contributed by atoms with Crippen LogP contribution in [-0.2, 0) is 24.2 Å². The van der Waals surface area contributed by atoms with E-state index in [9.17, 15) is 10.0 Å². The molecule has 21 heavy (non-hydrogen) atoms. The molecule has 3 N–H and O–H groups in total. The third-order valence-electron chi connectivity index (χ3n) is 3.81. The number of carbonyl (C=O) groups excluding carboxylic acids is 1. The van der Waals surface area contributed by atoms with Gasteiger partial charge in [0.15, 0.2) is 5.82 Å². The fourth-order valence-corrected chi connectivity index (χ4v) is 2.72. The number of aryl methyl sites for hydroxylation is 1. The molecule has 2 aromatic rings. The summed E-state index contributed by atoms with van der Waals surface area (Å²) in [7, 11) is 0. The van der Waals surface area contributed by atoms with Gasteiger partial charge in [0.1, 0.15) is 0 Å². The zero-order valence-electron chi connectivity index (χ0n) is 11.9. The molecule has 2 heterocycles. The minimum absolute atomic E-state index is 0.314. The quantitative estimate of drug-likeness (QED) is 0.827. The van der Waals surface area contributed by atoms with E-state index < -0.39 is 11.9 Å². The largest absolute Gasteiger partial charge is 0.320 e. The van der Waals surface area contributed by atoms with E-state index in [1.54, 1.807) is 0 Å². The fraction of sp³-hybridized carbons (Fsp3) is 0.333. The number of hydroxylamine groups is 1. The van der Waals surface area contributed by atoms with Gasteiger partial charge in [-0.1, -0.05) is 30.3 Å². The second kappa shape index (κ2) is 5.31. The highest BCUT2D eigenvalue weighted by Crippen LogP contribution is 2.29. The van der Waals surface area contributed by atoms with Gasteiger partial charge in [0, 0.05) is 30.6 Å². The molecule has 3 rings (SSSR count). The van der Waals surface area contributed by atoms with E-state index in [2.05, 4.69) is 5.10 Å². The normalized spacial score (nSPS) is 18.0. The van der Waals surface area contributed by atoms with Crippen molar-refractivity contribution in [3.8, 4) is 0 Å². The molecule has 0 radical (unpaired) electrons. The molecule has 1 amide bonds. The van der Waals surface area contributed by atoms with Gasteiger partial charge in [-0.05, 0) is 12.5 Å². The first-order chi connectivity index (χ1) is 10.1. The first-order valence-corrected chi connectivity index (χ1v) is 7.02. The number of aromatic nitrogens is 2. The lowest BCUT2D eigenvalue weighted by Crippen LogP contribution is -2.47. The molecule has 1 aromatic carbocycles. The standard InChI is InChI=1S/C15H18N4O2/c1-2-18-13(8-10-6-4-3-5-7-10)11-9-12(16)15(20)19(21)14(11)17-18/h3-7,12,21H,2,8-9,16H2,1H3/t12-/m0/s1. The summed E-state index contributed by atoms with van der Waals surface area (Å²) < 4.78 is 1.83. The van der Waals surface area contributed by atoms with Crippen LogP contribution in [0, 0.1) is 0 Å². The Labute approximate surface area is 122 Å². The number of rotatable bonds is 3. The van der Waals surface area contributed by atoms with Crippen molar-refractivity contribution < 1.29 is 10.0 Å². The predicted octanol–water partition coefficient (Wildman–Crippen LogP) is 1.10. The third-order valence-corrected chi connectivity index (χ3v) is 3.81. The maximum atomic E-state index is 11.8. The van der Waals surface area contributed by atoms with Crippen molar-refractivity contribution in [1.29, 1.82) is 0 Å². The van der Waals surface area contributed by atoms with Crippen LogP contribution in [0.25, 0.3) is 0 Å². The molecule has 0 bridgehead atoms. The zero-order valence-corrected chi connectivity index (χ0v) is 11.9. The van der Waals surface area contributed by atoms with Gasteiger partial charge in [0.25, 0.3) is 5.91 Å². The van der Waals surface area contributed by atoms with Crippen LogP contribution >= 0.6 is 0 Å². The molecule has 1 aliphatic heterocycles. The number of anilines is 1. The topological polar surface area (TPSA) is 84.4 Å². The van der Waals surface area contributed by atoms with Gasteiger partial charge in [-0.3, -0.25) is 14.7 Å². The van der Waals surface area contributed by atoms with Crippen LogP contribution in [0.5, 0.6) is 0 Å². The van der Waals surface area contributed by atoms with Crippen molar-refractivity contribution in [2.75, 3.05) is 5.06 Å². The first-order valence-electron chi connectivity index (χ1n) is 7.02. The maximum Gasteiger partial charge on any atom is 0.269 e. The van der Waals surface area contributed by atoms with Gasteiger partial charge in [0.2, 0.25) is 0 Å². The number of benzene rings is 1. The Balaban J connectivity index is 2.05. The summed E-state index contributed by atoms with van der Waals surface area (Å²) in [6.07, 6.45) is 1.11. The lowest BCUT2D eigenvalue weighted by molar-refractivity contribution is -0.125. The molecule has 0 spiro atoms. The minimum atomic E-state index is -0.716. The van der Waals surface area contributed by atoms with E-state index in [0.717, 1.165) is 16.8 Å². The molecule has 110 valence electrons. The lowest BCUT2D eigenvalue weighted by atomic mass is 9.98. The van der Waals surface area contributed by atoms with E-state index in [0.29, 0.717) is 30.3 Å². The Morgan fingerprint density at radius 3 is 2.76 bits per heavy atom. The smallest absolute Gasteiger partial charge is 0.269 e. The van der Waals surface area contributed by atoms with Crippen molar-refractivity contribution in [2.45, 2.75) is 32.4 Å². The molecule has 1 atom stereocenters. The summed E-state index contributed by atoms with van der Waals surface area (Å²) in [5.74, 6) is -0.191. The van der Waals surface area contributed by atoms with Crippen LogP contribution < -0.4 is 10.8 Å². The molecule has 0 saturated carbocycles. The Hall–Kier alpha value is -2.18. The molecule has 0 fully saturated rings. The molecule has 1 aromatic heterocycles. The highest BCUT2D eigenvalue weighted by atomic mass is 16.5. The Kier molecular flexibility index (Phi) is 3.48. The molecule has 6 heteroatoms. The highest BCUT2D eigenvalue weighted by molar-refractivity contribution is 5.97. The monoisotopic (exact) mass is 286 g/mol. The number of nitrogens with zero attached hydrogens (tertiary/aromatic N) is 3. The Morgan fingerprint density at radius 2 is 2.10 bits per heavy atom. The average Bonchev–Trinajstić information content (AvgIpc) is 2.84. The number of hydrogen-bond donors (Lipinski definition) is 2. The van der Waals surface area contributed by atoms with Crippen LogP contribution in [0.2, 0.25) is 0 Å². The van der Waals surface area contributed by atoms with Gasteiger partial charge in [-0.25, -0.2) is 0 Å². The zero-order chi connectivity index (χ0) is 15.0. The van der Waals surface area contributed by atoms with Crippen molar-refractivity contribution >= 4 is 11.7 Å². The SMILES string of the molecule is CCn1nc2c(c1Cc1ccccc1)C[C@H](N)C(=O)N2O. The summed E-state index contributed by atoms with van der Waals surface area (Å²) in [5, 5.41) is 14.9. The maximum absolute atomic E-state index is 11.8. The summed E-state index contributed by atoms with van der Waals surface area (Å²) in [5.41, 5.74) is 8.82. The van der Waals surface area contributed by atoms with Crippen LogP contribution in [0.15, 0.2) is 30.3 Å². The van der Waals surface area contributed by atoms with Crippen molar-refractivity contribution in [2.24, 2.45) is 5.73 Å². The van der Waals surface area contributed by atoms with Gasteiger partial charge < -0.3 is 5.73 Å². The van der Waals surface area contributed by atoms with E-state index in [-0.39, 0.29) is 0 Å². The van der Waals surface area contributed by atoms with Crippen LogP contribution in [0.3, 0.4) is 0 Å². The number of fused-ring (bicyclic) bond motifs is 1. The second-order valence-corrected chi connectivity index (χ2v) is 5.19. The predicted molar refractivity (Wildman–Crippen MR) is 78.1 cm³/mol. The number of nitrogens with two attached hydrogens (primary N) is 1. The van der Waals surface area contributed by atoms with Crippen molar-refractivity contribution in [3.05, 3.63) is 47.2 Å². The molecular weight excluding hydrogens is 268 g/mol. The molecule has 1 aliphatic rings. The summed E-state index contributed by atoms with van der Waals surface area (Å²) >= 11 is 0.